The molecule has 5 aromatic rings. The first-order valence-electron chi connectivity index (χ1n) is 11.3. The van der Waals surface area contributed by atoms with Gasteiger partial charge in [-0.3, -0.25) is 19.0 Å². The standard InChI is InChI=1S/C26H23N5O3S2/c1-13-9-10-17(14(2)11-13)28-23(33)21-15(3)20-24(36-21)27-12-31(25(20)34)16(4)22(32)30-26-29-18-7-5-6-8-19(18)35-26/h5-12,16H,1-4H3,(H,28,33)(H,29,30,32). The van der Waals surface area contributed by atoms with Crippen LogP contribution in [0.2, 0.25) is 0 Å². The number of nitrogens with zero attached hydrogens (tertiary/aromatic N) is 3. The summed E-state index contributed by atoms with van der Waals surface area (Å²) in [4.78, 5) is 49.1. The Morgan fingerprint density at radius 1 is 1.03 bits per heavy atom. The lowest BCUT2D eigenvalue weighted by Crippen LogP contribution is -2.31. The van der Waals surface area contributed by atoms with Crippen LogP contribution in [0.4, 0.5) is 10.8 Å². The van der Waals surface area contributed by atoms with E-state index >= 15 is 0 Å². The Kier molecular flexibility index (Phi) is 6.15. The second-order valence-corrected chi connectivity index (χ2v) is 10.6. The zero-order valence-corrected chi connectivity index (χ0v) is 21.7. The first kappa shape index (κ1) is 23.8. The van der Waals surface area contributed by atoms with Crippen LogP contribution in [-0.2, 0) is 4.79 Å². The fourth-order valence-electron chi connectivity index (χ4n) is 4.02. The number of aryl methyl sites for hydroxylation is 3. The number of hydrogen-bond acceptors (Lipinski definition) is 7. The van der Waals surface area contributed by atoms with E-state index in [1.54, 1.807) is 13.8 Å². The van der Waals surface area contributed by atoms with Crippen molar-refractivity contribution in [2.45, 2.75) is 33.7 Å². The number of fused-ring (bicyclic) bond motifs is 2. The lowest BCUT2D eigenvalue weighted by molar-refractivity contribution is -0.118. The summed E-state index contributed by atoms with van der Waals surface area (Å²) >= 11 is 2.53. The predicted octanol–water partition coefficient (Wildman–Crippen LogP) is 5.44. The number of rotatable bonds is 5. The van der Waals surface area contributed by atoms with Crippen LogP contribution in [0.1, 0.15) is 39.3 Å². The highest BCUT2D eigenvalue weighted by atomic mass is 32.1. The third-order valence-corrected chi connectivity index (χ3v) is 8.18. The van der Waals surface area contributed by atoms with Crippen LogP contribution < -0.4 is 16.2 Å². The van der Waals surface area contributed by atoms with E-state index in [-0.39, 0.29) is 17.4 Å². The molecule has 0 fully saturated rings. The molecule has 0 spiro atoms. The number of anilines is 2. The monoisotopic (exact) mass is 517 g/mol. The molecule has 8 nitrogen and oxygen atoms in total. The lowest BCUT2D eigenvalue weighted by atomic mass is 10.1. The predicted molar refractivity (Wildman–Crippen MR) is 145 cm³/mol. The van der Waals surface area contributed by atoms with Gasteiger partial charge in [-0.1, -0.05) is 41.2 Å². The number of thiazole rings is 1. The third-order valence-electron chi connectivity index (χ3n) is 6.03. The van der Waals surface area contributed by atoms with Gasteiger partial charge in [-0.2, -0.15) is 0 Å². The third kappa shape index (κ3) is 4.29. The van der Waals surface area contributed by atoms with Crippen LogP contribution in [0.3, 0.4) is 0 Å². The van der Waals surface area contributed by atoms with E-state index in [0.717, 1.165) is 32.7 Å². The van der Waals surface area contributed by atoms with Crippen LogP contribution in [0.15, 0.2) is 53.6 Å². The normalized spacial score (nSPS) is 12.1. The van der Waals surface area contributed by atoms with Gasteiger partial charge in [0.25, 0.3) is 11.5 Å². The zero-order valence-electron chi connectivity index (χ0n) is 20.1. The Labute approximate surface area is 214 Å². The van der Waals surface area contributed by atoms with Gasteiger partial charge in [-0.25, -0.2) is 9.97 Å². The van der Waals surface area contributed by atoms with Gasteiger partial charge in [0.2, 0.25) is 5.91 Å². The molecule has 2 aromatic carbocycles. The molecule has 0 saturated carbocycles. The van der Waals surface area contributed by atoms with E-state index < -0.39 is 6.04 Å². The molecule has 0 saturated heterocycles. The summed E-state index contributed by atoms with van der Waals surface area (Å²) in [7, 11) is 0. The van der Waals surface area contributed by atoms with Gasteiger partial charge in [0.15, 0.2) is 5.13 Å². The molecule has 2 amide bonds. The van der Waals surface area contributed by atoms with E-state index in [1.807, 2.05) is 56.3 Å². The lowest BCUT2D eigenvalue weighted by Gasteiger charge is -2.13. The van der Waals surface area contributed by atoms with E-state index in [4.69, 9.17) is 0 Å². The molecular weight excluding hydrogens is 494 g/mol. The average molecular weight is 518 g/mol. The molecule has 1 atom stereocenters. The van der Waals surface area contributed by atoms with Crippen LogP contribution in [0.5, 0.6) is 0 Å². The van der Waals surface area contributed by atoms with Crippen LogP contribution in [-0.4, -0.2) is 26.3 Å². The summed E-state index contributed by atoms with van der Waals surface area (Å²) in [6, 6.07) is 12.6. The highest BCUT2D eigenvalue weighted by molar-refractivity contribution is 7.22. The summed E-state index contributed by atoms with van der Waals surface area (Å²) in [5.41, 5.74) is 3.75. The smallest absolute Gasteiger partial charge is 0.266 e. The van der Waals surface area contributed by atoms with E-state index in [2.05, 4.69) is 20.6 Å². The van der Waals surface area contributed by atoms with Crippen LogP contribution in [0.25, 0.3) is 20.4 Å². The fourth-order valence-corrected chi connectivity index (χ4v) is 5.93. The Bertz CT molecular complexity index is 1680. The van der Waals surface area contributed by atoms with Gasteiger partial charge in [-0.05, 0) is 57.0 Å². The molecular formula is C26H23N5O3S2. The molecule has 5 rings (SSSR count). The fraction of sp³-hybridized carbons (Fsp3) is 0.192. The maximum Gasteiger partial charge on any atom is 0.266 e. The van der Waals surface area contributed by atoms with Gasteiger partial charge in [0.1, 0.15) is 10.9 Å². The first-order chi connectivity index (χ1) is 17.2. The number of aromatic nitrogens is 3. The SMILES string of the molecule is Cc1ccc(NC(=O)c2sc3ncn(C(C)C(=O)Nc4nc5ccccc5s4)c(=O)c3c2C)c(C)c1. The zero-order chi connectivity index (χ0) is 25.6. The van der Waals surface area contributed by atoms with Gasteiger partial charge < -0.3 is 10.6 Å². The number of benzene rings is 2. The Balaban J connectivity index is 1.42. The van der Waals surface area contributed by atoms with Crippen molar-refractivity contribution in [3.05, 3.63) is 80.7 Å². The molecule has 0 radical (unpaired) electrons. The number of nitrogens with one attached hydrogen (secondary N) is 2. The summed E-state index contributed by atoms with van der Waals surface area (Å²) in [6.07, 6.45) is 1.36. The highest BCUT2D eigenvalue weighted by Gasteiger charge is 2.24. The molecule has 0 aliphatic heterocycles. The van der Waals surface area contributed by atoms with Crippen LogP contribution in [0, 0.1) is 20.8 Å². The number of para-hydroxylation sites is 1. The summed E-state index contributed by atoms with van der Waals surface area (Å²) in [5, 5.41) is 6.54. The topological polar surface area (TPSA) is 106 Å². The molecule has 1 unspecified atom stereocenters. The molecule has 36 heavy (non-hydrogen) atoms. The molecule has 10 heteroatoms. The summed E-state index contributed by atoms with van der Waals surface area (Å²) < 4.78 is 2.25. The van der Waals surface area contributed by atoms with Crippen LogP contribution >= 0.6 is 22.7 Å². The Hall–Kier alpha value is -3.89. The minimum Gasteiger partial charge on any atom is -0.321 e. The van der Waals surface area contributed by atoms with E-state index in [9.17, 15) is 14.4 Å². The average Bonchev–Trinajstić information content (AvgIpc) is 3.41. The number of amides is 2. The van der Waals surface area contributed by atoms with Crippen molar-refractivity contribution in [1.82, 2.24) is 14.5 Å². The molecule has 2 N–H and O–H groups in total. The molecule has 3 aromatic heterocycles. The van der Waals surface area contributed by atoms with Crippen molar-refractivity contribution >= 4 is 65.7 Å². The second kappa shape index (κ2) is 9.29. The minimum absolute atomic E-state index is 0.296. The van der Waals surface area contributed by atoms with Crippen molar-refractivity contribution in [1.29, 1.82) is 0 Å². The molecule has 0 bridgehead atoms. The largest absolute Gasteiger partial charge is 0.321 e. The van der Waals surface area contributed by atoms with Gasteiger partial charge in [0.05, 0.1) is 26.8 Å². The highest BCUT2D eigenvalue weighted by Crippen LogP contribution is 2.29. The maximum atomic E-state index is 13.4. The van der Waals surface area contributed by atoms with Crippen molar-refractivity contribution < 1.29 is 9.59 Å². The van der Waals surface area contributed by atoms with Crippen molar-refractivity contribution in [2.24, 2.45) is 0 Å². The number of hydrogen-bond donors (Lipinski definition) is 2. The van der Waals surface area contributed by atoms with Gasteiger partial charge in [-0.15, -0.1) is 11.3 Å². The molecule has 0 aliphatic rings. The molecule has 0 aliphatic carbocycles. The van der Waals surface area contributed by atoms with Gasteiger partial charge >= 0.3 is 0 Å². The minimum atomic E-state index is -0.826. The summed E-state index contributed by atoms with van der Waals surface area (Å²) in [5.74, 6) is -0.673. The quantitative estimate of drug-likeness (QED) is 0.323. The van der Waals surface area contributed by atoms with Crippen molar-refractivity contribution in [3.63, 3.8) is 0 Å². The number of carbonyl (C=O) groups excluding carboxylic acids is 2. The van der Waals surface area contributed by atoms with Gasteiger partial charge in [0, 0.05) is 5.69 Å². The molecule has 182 valence electrons. The number of thiophene rings is 1. The first-order valence-corrected chi connectivity index (χ1v) is 12.9. The maximum absolute atomic E-state index is 13.4. The van der Waals surface area contributed by atoms with E-state index in [0.29, 0.717) is 31.5 Å². The second-order valence-electron chi connectivity index (χ2n) is 8.62. The van der Waals surface area contributed by atoms with Crippen molar-refractivity contribution in [2.75, 3.05) is 10.6 Å². The number of carbonyl (C=O) groups is 2. The molecule has 3 heterocycles. The van der Waals surface area contributed by atoms with Crippen molar-refractivity contribution in [3.8, 4) is 0 Å². The summed E-state index contributed by atoms with van der Waals surface area (Å²) in [6.45, 7) is 7.29. The van der Waals surface area contributed by atoms with E-state index in [1.165, 1.54) is 22.2 Å². The Morgan fingerprint density at radius 2 is 1.81 bits per heavy atom. The Morgan fingerprint density at radius 3 is 2.56 bits per heavy atom.